The van der Waals surface area contributed by atoms with Gasteiger partial charge in [-0.25, -0.2) is 18.7 Å². The minimum Gasteiger partial charge on any atom is -0.405 e. The van der Waals surface area contributed by atoms with E-state index in [1.165, 1.54) is 22.8 Å². The van der Waals surface area contributed by atoms with Crippen LogP contribution in [0, 0.1) is 12.7 Å². The van der Waals surface area contributed by atoms with Crippen LogP contribution in [0.1, 0.15) is 49.9 Å². The summed E-state index contributed by atoms with van der Waals surface area (Å²) in [5.74, 6) is -0.370. The minimum absolute atomic E-state index is 0.0168. The quantitative estimate of drug-likeness (QED) is 0.167. The Morgan fingerprint density at radius 1 is 1.19 bits per heavy atom. The topological polar surface area (TPSA) is 84.2 Å². The molecule has 0 fully saturated rings. The van der Waals surface area contributed by atoms with E-state index in [4.69, 9.17) is 16.6 Å². The number of rotatable bonds is 11. The number of aryl methyl sites for hydroxylation is 1. The largest absolute Gasteiger partial charge is 0.405 e. The van der Waals surface area contributed by atoms with E-state index in [1.807, 2.05) is 33.8 Å². The lowest BCUT2D eigenvalue weighted by molar-refractivity contribution is -0.125. The maximum Gasteiger partial charge on any atom is 0.355 e. The van der Waals surface area contributed by atoms with Crippen LogP contribution in [-0.2, 0) is 4.79 Å². The number of pyridine rings is 2. The van der Waals surface area contributed by atoms with Gasteiger partial charge in [0.1, 0.15) is 11.6 Å². The SMILES string of the molecule is BN(CCN(CCC)C(=O)C=C)c1nc(=O)n(-c2c(C)ccnc2C(C)C)c2nc(-c3c(F)cccc3C=C)c(Cl)cc12. The number of hydrogen-bond donors (Lipinski definition) is 0. The van der Waals surface area contributed by atoms with Crippen LogP contribution >= 0.6 is 11.6 Å². The molecule has 11 heteroatoms. The molecule has 0 unspecified atom stereocenters. The molecule has 3 heterocycles. The van der Waals surface area contributed by atoms with Gasteiger partial charge < -0.3 is 9.71 Å². The first kappa shape index (κ1) is 31.6. The van der Waals surface area contributed by atoms with Crippen molar-refractivity contribution in [1.82, 2.24) is 24.4 Å². The van der Waals surface area contributed by atoms with Gasteiger partial charge in [0.05, 0.1) is 27.5 Å². The van der Waals surface area contributed by atoms with Crippen LogP contribution in [0.5, 0.6) is 0 Å². The molecule has 0 radical (unpaired) electrons. The van der Waals surface area contributed by atoms with Crippen LogP contribution in [0.15, 0.2) is 60.6 Å². The molecule has 222 valence electrons. The number of aromatic nitrogens is 4. The van der Waals surface area contributed by atoms with Gasteiger partial charge in [0, 0.05) is 31.4 Å². The third-order valence-corrected chi connectivity index (χ3v) is 7.56. The molecule has 0 aliphatic rings. The third-order valence-electron chi connectivity index (χ3n) is 7.28. The Morgan fingerprint density at radius 2 is 1.93 bits per heavy atom. The molecular weight excluding hydrogens is 566 g/mol. The maximum absolute atomic E-state index is 15.3. The molecule has 0 saturated carbocycles. The Hall–Kier alpha value is -4.31. The molecule has 4 rings (SSSR count). The van der Waals surface area contributed by atoms with Gasteiger partial charge in [-0.05, 0) is 54.7 Å². The molecule has 0 bridgehead atoms. The van der Waals surface area contributed by atoms with E-state index in [-0.39, 0.29) is 33.8 Å². The summed E-state index contributed by atoms with van der Waals surface area (Å²) in [4.78, 5) is 43.8. The zero-order valence-electron chi connectivity index (χ0n) is 25.2. The van der Waals surface area contributed by atoms with Gasteiger partial charge in [-0.15, -0.1) is 0 Å². The summed E-state index contributed by atoms with van der Waals surface area (Å²) in [7, 11) is 1.79. The van der Waals surface area contributed by atoms with Crippen molar-refractivity contribution in [2.75, 3.05) is 24.4 Å². The first-order valence-corrected chi connectivity index (χ1v) is 14.5. The molecule has 0 N–H and O–H groups in total. The van der Waals surface area contributed by atoms with Crippen molar-refractivity contribution in [3.05, 3.63) is 93.9 Å². The van der Waals surface area contributed by atoms with E-state index in [1.54, 1.807) is 42.1 Å². The lowest BCUT2D eigenvalue weighted by atomic mass is 10.0. The normalized spacial score (nSPS) is 11.1. The predicted octanol–water partition coefficient (Wildman–Crippen LogP) is 5.49. The second-order valence-electron chi connectivity index (χ2n) is 10.6. The first-order chi connectivity index (χ1) is 20.5. The molecular formula is C32H35BClFN6O2. The predicted molar refractivity (Wildman–Crippen MR) is 175 cm³/mol. The summed E-state index contributed by atoms with van der Waals surface area (Å²) >= 11 is 6.82. The molecule has 0 atom stereocenters. The highest BCUT2D eigenvalue weighted by Crippen LogP contribution is 2.36. The van der Waals surface area contributed by atoms with Crippen LogP contribution in [0.3, 0.4) is 0 Å². The van der Waals surface area contributed by atoms with Crippen molar-refractivity contribution in [2.45, 2.75) is 40.0 Å². The van der Waals surface area contributed by atoms with Crippen molar-refractivity contribution in [1.29, 1.82) is 0 Å². The van der Waals surface area contributed by atoms with Crippen molar-refractivity contribution >= 4 is 48.4 Å². The van der Waals surface area contributed by atoms with Crippen LogP contribution in [0.25, 0.3) is 34.1 Å². The van der Waals surface area contributed by atoms with Crippen molar-refractivity contribution in [3.8, 4) is 16.9 Å². The standard InChI is InChI=1S/C32H35BClFN6O2/c1-7-15-39(25(42)9-3)16-17-40(33)30-22-18-23(34)28(26-21(8-2)11-10-12-24(26)35)37-31(22)41(32(43)38-30)29-20(6)13-14-36-27(29)19(4)5/h8-14,18-19H,2-3,7,15-17,33H2,1,4-6H3. The van der Waals surface area contributed by atoms with Crippen LogP contribution in [0.2, 0.25) is 5.02 Å². The van der Waals surface area contributed by atoms with Gasteiger partial charge in [0.25, 0.3) is 0 Å². The van der Waals surface area contributed by atoms with Crippen LogP contribution in [0.4, 0.5) is 10.2 Å². The molecule has 0 aliphatic heterocycles. The summed E-state index contributed by atoms with van der Waals surface area (Å²) in [5.41, 5.74) is 2.62. The van der Waals surface area contributed by atoms with Gasteiger partial charge >= 0.3 is 5.69 Å². The van der Waals surface area contributed by atoms with Gasteiger partial charge in [-0.3, -0.25) is 9.78 Å². The van der Waals surface area contributed by atoms with Gasteiger partial charge in [-0.1, -0.05) is 63.7 Å². The number of nitrogens with zero attached hydrogens (tertiary/aromatic N) is 6. The maximum atomic E-state index is 15.3. The minimum atomic E-state index is -0.571. The molecule has 1 aromatic carbocycles. The Kier molecular flexibility index (Phi) is 9.81. The molecule has 4 aromatic rings. The highest BCUT2D eigenvalue weighted by molar-refractivity contribution is 6.34. The first-order valence-electron chi connectivity index (χ1n) is 14.2. The second kappa shape index (κ2) is 13.3. The lowest BCUT2D eigenvalue weighted by Gasteiger charge is -2.27. The average Bonchev–Trinajstić information content (AvgIpc) is 2.98. The summed E-state index contributed by atoms with van der Waals surface area (Å²) in [5, 5.41) is 0.672. The fourth-order valence-corrected chi connectivity index (χ4v) is 5.37. The summed E-state index contributed by atoms with van der Waals surface area (Å²) in [6.45, 7) is 16.6. The molecule has 8 nitrogen and oxygen atoms in total. The van der Waals surface area contributed by atoms with Crippen LogP contribution < -0.4 is 10.5 Å². The van der Waals surface area contributed by atoms with Gasteiger partial charge in [0.15, 0.2) is 5.65 Å². The molecule has 0 saturated heterocycles. The molecule has 0 spiro atoms. The Balaban J connectivity index is 2.03. The highest BCUT2D eigenvalue weighted by atomic mass is 35.5. The van der Waals surface area contributed by atoms with Gasteiger partial charge in [-0.2, -0.15) is 4.98 Å². The fourth-order valence-electron chi connectivity index (χ4n) is 5.13. The molecule has 3 aromatic heterocycles. The van der Waals surface area contributed by atoms with Crippen LogP contribution in [-0.4, -0.2) is 57.9 Å². The molecule has 1 amide bonds. The zero-order valence-corrected chi connectivity index (χ0v) is 26.0. The molecule has 43 heavy (non-hydrogen) atoms. The Bertz CT molecular complexity index is 1770. The number of carbonyl (C=O) groups is 1. The number of benzene rings is 1. The number of anilines is 1. The summed E-state index contributed by atoms with van der Waals surface area (Å²) in [6, 6.07) is 8.12. The smallest absolute Gasteiger partial charge is 0.355 e. The van der Waals surface area contributed by atoms with E-state index in [0.29, 0.717) is 47.8 Å². The van der Waals surface area contributed by atoms with E-state index >= 15 is 4.39 Å². The van der Waals surface area contributed by atoms with E-state index in [0.717, 1.165) is 12.0 Å². The lowest BCUT2D eigenvalue weighted by Crippen LogP contribution is -2.39. The van der Waals surface area contributed by atoms with Crippen molar-refractivity contribution in [3.63, 3.8) is 0 Å². The van der Waals surface area contributed by atoms with E-state index < -0.39 is 11.5 Å². The second-order valence-corrected chi connectivity index (χ2v) is 11.0. The number of halogens is 2. The average molecular weight is 601 g/mol. The summed E-state index contributed by atoms with van der Waals surface area (Å²) < 4.78 is 16.7. The zero-order chi connectivity index (χ0) is 31.4. The fraction of sp³-hybridized carbons (Fsp3) is 0.281. The van der Waals surface area contributed by atoms with Crippen molar-refractivity contribution < 1.29 is 9.18 Å². The van der Waals surface area contributed by atoms with Gasteiger partial charge in [0.2, 0.25) is 13.9 Å². The van der Waals surface area contributed by atoms with Crippen molar-refractivity contribution in [2.24, 2.45) is 0 Å². The number of amides is 1. The monoisotopic (exact) mass is 600 g/mol. The number of hydrogen-bond acceptors (Lipinski definition) is 6. The Labute approximate surface area is 257 Å². The van der Waals surface area contributed by atoms with E-state index in [2.05, 4.69) is 23.1 Å². The Morgan fingerprint density at radius 3 is 2.58 bits per heavy atom. The van der Waals surface area contributed by atoms with E-state index in [9.17, 15) is 9.59 Å². The number of fused-ring (bicyclic) bond motifs is 1. The third kappa shape index (κ3) is 6.25. The summed E-state index contributed by atoms with van der Waals surface area (Å²) in [6.07, 6.45) is 5.32. The highest BCUT2D eigenvalue weighted by Gasteiger charge is 2.24. The number of carbonyl (C=O) groups excluding carboxylic acids is 1. The molecule has 0 aliphatic carbocycles.